The molecule has 0 saturated heterocycles. The van der Waals surface area contributed by atoms with Crippen LogP contribution < -0.4 is 4.74 Å². The van der Waals surface area contributed by atoms with Gasteiger partial charge in [0.05, 0.1) is 25.7 Å². The first-order valence-corrected chi connectivity index (χ1v) is 6.24. The minimum Gasteiger partial charge on any atom is -0.481 e. The normalized spacial score (nSPS) is 10.6. The van der Waals surface area contributed by atoms with Crippen LogP contribution in [0.3, 0.4) is 0 Å². The second-order valence-corrected chi connectivity index (χ2v) is 4.34. The van der Waals surface area contributed by atoms with Gasteiger partial charge in [-0.05, 0) is 41.1 Å². The monoisotopic (exact) mass is 371 g/mol. The third-order valence-electron chi connectivity index (χ3n) is 2.11. The van der Waals surface area contributed by atoms with Crippen molar-refractivity contribution in [2.24, 2.45) is 0 Å². The average molecular weight is 371 g/mol. The Morgan fingerprint density at radius 1 is 1.56 bits per heavy atom. The largest absolute Gasteiger partial charge is 0.481 e. The zero-order chi connectivity index (χ0) is 13.7. The number of hydrogen-bond acceptors (Lipinski definition) is 4. The first-order valence-electron chi connectivity index (χ1n) is 5.16. The highest BCUT2D eigenvalue weighted by Crippen LogP contribution is 2.30. The molecule has 0 N–H and O–H groups in total. The van der Waals surface area contributed by atoms with Crippen molar-refractivity contribution in [2.75, 3.05) is 13.7 Å². The molecule has 0 bridgehead atoms. The zero-order valence-corrected chi connectivity index (χ0v) is 12.0. The highest BCUT2D eigenvalue weighted by atomic mass is 127. The van der Waals surface area contributed by atoms with E-state index < -0.39 is 12.4 Å². The van der Waals surface area contributed by atoms with Crippen LogP contribution in [0.1, 0.15) is 24.5 Å². The Morgan fingerprint density at radius 2 is 2.22 bits per heavy atom. The number of hydrogen-bond donors (Lipinski definition) is 0. The first-order chi connectivity index (χ1) is 8.49. The van der Waals surface area contributed by atoms with Gasteiger partial charge in [-0.15, -0.1) is 0 Å². The van der Waals surface area contributed by atoms with Crippen molar-refractivity contribution in [3.8, 4) is 5.88 Å². The summed E-state index contributed by atoms with van der Waals surface area (Å²) in [6.45, 7) is 1.93. The number of nitrogens with zero attached hydrogens (tertiary/aromatic N) is 1. The van der Waals surface area contributed by atoms with E-state index >= 15 is 0 Å². The zero-order valence-electron chi connectivity index (χ0n) is 9.87. The Hall–Kier alpha value is -0.990. The number of methoxy groups -OCH3 is 1. The fraction of sp³-hybridized carbons (Fsp3) is 0.455. The summed E-state index contributed by atoms with van der Waals surface area (Å²) in [6, 6.07) is 1.23. The SMILES string of the molecule is CCOC(=O)Cc1cc(C(F)F)c(OC)nc1I. The molecule has 0 amide bonds. The number of halogens is 3. The second-order valence-electron chi connectivity index (χ2n) is 3.32. The number of aromatic nitrogens is 1. The van der Waals surface area contributed by atoms with Crippen LogP contribution in [-0.4, -0.2) is 24.7 Å². The van der Waals surface area contributed by atoms with Crippen LogP contribution in [0.4, 0.5) is 8.78 Å². The molecule has 1 aromatic rings. The molecule has 100 valence electrons. The van der Waals surface area contributed by atoms with E-state index in [1.807, 2.05) is 22.6 Å². The van der Waals surface area contributed by atoms with Crippen molar-refractivity contribution in [1.29, 1.82) is 0 Å². The molecule has 18 heavy (non-hydrogen) atoms. The summed E-state index contributed by atoms with van der Waals surface area (Å²) in [5, 5.41) is 0. The maximum Gasteiger partial charge on any atom is 0.310 e. The summed E-state index contributed by atoms with van der Waals surface area (Å²) in [7, 11) is 1.27. The molecule has 4 nitrogen and oxygen atoms in total. The van der Waals surface area contributed by atoms with E-state index in [1.54, 1.807) is 6.92 Å². The lowest BCUT2D eigenvalue weighted by Crippen LogP contribution is -2.10. The van der Waals surface area contributed by atoms with Crippen molar-refractivity contribution < 1.29 is 23.0 Å². The molecule has 0 aliphatic carbocycles. The van der Waals surface area contributed by atoms with Crippen LogP contribution in [0, 0.1) is 3.70 Å². The summed E-state index contributed by atoms with van der Waals surface area (Å²) in [6.07, 6.45) is -2.78. The third kappa shape index (κ3) is 3.76. The topological polar surface area (TPSA) is 48.4 Å². The predicted molar refractivity (Wildman–Crippen MR) is 68.8 cm³/mol. The van der Waals surface area contributed by atoms with Gasteiger partial charge in [-0.1, -0.05) is 0 Å². The van der Waals surface area contributed by atoms with Crippen molar-refractivity contribution in [3.63, 3.8) is 0 Å². The quantitative estimate of drug-likeness (QED) is 0.454. The van der Waals surface area contributed by atoms with E-state index in [9.17, 15) is 13.6 Å². The van der Waals surface area contributed by atoms with Crippen LogP contribution in [0.2, 0.25) is 0 Å². The molecule has 1 rings (SSSR count). The van der Waals surface area contributed by atoms with Crippen LogP contribution in [0.25, 0.3) is 0 Å². The number of rotatable bonds is 5. The summed E-state index contributed by atoms with van der Waals surface area (Å²) in [5.74, 6) is -0.593. The Bertz CT molecular complexity index is 441. The molecule has 1 heterocycles. The van der Waals surface area contributed by atoms with Crippen molar-refractivity contribution in [3.05, 3.63) is 20.9 Å². The molecule has 0 saturated carbocycles. The third-order valence-corrected chi connectivity index (χ3v) is 3.04. The van der Waals surface area contributed by atoms with Crippen molar-refractivity contribution in [2.45, 2.75) is 19.8 Å². The minimum atomic E-state index is -2.70. The van der Waals surface area contributed by atoms with Gasteiger partial charge in [0.15, 0.2) is 0 Å². The van der Waals surface area contributed by atoms with E-state index in [0.717, 1.165) is 0 Å². The Labute approximate surface area is 117 Å². The maximum atomic E-state index is 12.8. The van der Waals surface area contributed by atoms with Crippen molar-refractivity contribution >= 4 is 28.6 Å². The smallest absolute Gasteiger partial charge is 0.310 e. The van der Waals surface area contributed by atoms with Crippen molar-refractivity contribution in [1.82, 2.24) is 4.98 Å². The Kier molecular flexibility index (Phi) is 5.70. The fourth-order valence-electron chi connectivity index (χ4n) is 1.35. The standard InChI is InChI=1S/C11H12F2INO3/c1-3-18-8(16)5-6-4-7(9(12)13)11(17-2)15-10(6)14/h4,9H,3,5H2,1-2H3. The number of carbonyl (C=O) groups is 1. The van der Waals surface area contributed by atoms with Crippen LogP contribution >= 0.6 is 22.6 Å². The van der Waals surface area contributed by atoms with Crippen LogP contribution in [-0.2, 0) is 16.0 Å². The van der Waals surface area contributed by atoms with Crippen LogP contribution in [0.15, 0.2) is 6.07 Å². The Balaban J connectivity index is 3.05. The lowest BCUT2D eigenvalue weighted by atomic mass is 10.1. The van der Waals surface area contributed by atoms with Gasteiger partial charge in [-0.3, -0.25) is 4.79 Å². The number of pyridine rings is 1. The fourth-order valence-corrected chi connectivity index (χ4v) is 1.91. The van der Waals surface area contributed by atoms with Gasteiger partial charge in [0.1, 0.15) is 3.70 Å². The van der Waals surface area contributed by atoms with E-state index in [4.69, 9.17) is 9.47 Å². The van der Waals surface area contributed by atoms with E-state index in [2.05, 4.69) is 4.98 Å². The number of carbonyl (C=O) groups excluding carboxylic acids is 1. The van der Waals surface area contributed by atoms with E-state index in [1.165, 1.54) is 13.2 Å². The highest BCUT2D eigenvalue weighted by molar-refractivity contribution is 14.1. The Morgan fingerprint density at radius 3 is 2.72 bits per heavy atom. The lowest BCUT2D eigenvalue weighted by Gasteiger charge is -2.10. The minimum absolute atomic E-state index is 0.0805. The van der Waals surface area contributed by atoms with Gasteiger partial charge >= 0.3 is 5.97 Å². The van der Waals surface area contributed by atoms with E-state index in [-0.39, 0.29) is 24.5 Å². The first kappa shape index (κ1) is 15.1. The molecular weight excluding hydrogens is 359 g/mol. The van der Waals surface area contributed by atoms with Gasteiger partial charge < -0.3 is 9.47 Å². The summed E-state index contributed by atoms with van der Waals surface area (Å²) in [4.78, 5) is 15.2. The van der Waals surface area contributed by atoms with Gasteiger partial charge in [-0.2, -0.15) is 0 Å². The molecule has 0 radical (unpaired) electrons. The highest BCUT2D eigenvalue weighted by Gasteiger charge is 2.19. The van der Waals surface area contributed by atoms with Gasteiger partial charge in [0.25, 0.3) is 6.43 Å². The van der Waals surface area contributed by atoms with Crippen LogP contribution in [0.5, 0.6) is 5.88 Å². The number of ether oxygens (including phenoxy) is 2. The molecule has 0 spiro atoms. The second kappa shape index (κ2) is 6.81. The number of alkyl halides is 2. The predicted octanol–water partition coefficient (Wildman–Crippen LogP) is 2.74. The molecule has 0 aromatic carbocycles. The molecule has 0 unspecified atom stereocenters. The number of esters is 1. The molecule has 0 fully saturated rings. The van der Waals surface area contributed by atoms with Gasteiger partial charge in [0.2, 0.25) is 5.88 Å². The molecule has 0 aliphatic rings. The van der Waals surface area contributed by atoms with E-state index in [0.29, 0.717) is 9.26 Å². The summed E-state index contributed by atoms with van der Waals surface area (Å²) < 4.78 is 35.5. The summed E-state index contributed by atoms with van der Waals surface area (Å²) in [5.41, 5.74) is 0.0855. The summed E-state index contributed by atoms with van der Waals surface area (Å²) >= 11 is 1.87. The van der Waals surface area contributed by atoms with Gasteiger partial charge in [0, 0.05) is 0 Å². The lowest BCUT2D eigenvalue weighted by molar-refractivity contribution is -0.142. The van der Waals surface area contributed by atoms with Gasteiger partial charge in [-0.25, -0.2) is 13.8 Å². The maximum absolute atomic E-state index is 12.8. The molecule has 7 heteroatoms. The average Bonchev–Trinajstić information content (AvgIpc) is 2.31. The molecular formula is C11H12F2INO3. The molecule has 0 aliphatic heterocycles. The molecule has 1 aromatic heterocycles. The molecule has 0 atom stereocenters.